The molecule has 3 amide bonds. The van der Waals surface area contributed by atoms with E-state index < -0.39 is 17.6 Å². The molecule has 3 rings (SSSR count). The highest BCUT2D eigenvalue weighted by molar-refractivity contribution is 14.1. The van der Waals surface area contributed by atoms with Crippen LogP contribution in [0.2, 0.25) is 5.02 Å². The fraction of sp³-hybridized carbons (Fsp3) is 0.0833. The number of anilines is 2. The Hall–Kier alpha value is -3.71. The molecule has 0 saturated heterocycles. The van der Waals surface area contributed by atoms with E-state index >= 15 is 0 Å². The number of halogens is 3. The van der Waals surface area contributed by atoms with E-state index in [2.05, 4.69) is 21.2 Å². The third-order valence-electron chi connectivity index (χ3n) is 4.42. The summed E-state index contributed by atoms with van der Waals surface area (Å²) in [7, 11) is 1.44. The van der Waals surface area contributed by atoms with Gasteiger partial charge >= 0.3 is 11.8 Å². The Bertz CT molecular complexity index is 1290. The molecule has 0 aliphatic heterocycles. The normalized spacial score (nSPS) is 10.6. The molecule has 186 valence electrons. The van der Waals surface area contributed by atoms with Gasteiger partial charge in [-0.25, -0.2) is 9.82 Å². The molecule has 0 heterocycles. The first-order valence-corrected chi connectivity index (χ1v) is 11.7. The molecule has 0 unspecified atom stereocenters. The Labute approximate surface area is 224 Å². The Morgan fingerprint density at radius 2 is 1.64 bits per heavy atom. The van der Waals surface area contributed by atoms with E-state index in [0.29, 0.717) is 31.3 Å². The minimum atomic E-state index is -1.01. The first-order chi connectivity index (χ1) is 17.2. The fourth-order valence-electron chi connectivity index (χ4n) is 2.76. The average molecular weight is 625 g/mol. The number of carbonyl (C=O) groups is 3. The predicted molar refractivity (Wildman–Crippen MR) is 142 cm³/mol. The Kier molecular flexibility index (Phi) is 9.59. The van der Waals surface area contributed by atoms with Crippen LogP contribution >= 0.6 is 34.2 Å². The summed E-state index contributed by atoms with van der Waals surface area (Å²) in [4.78, 5) is 36.1. The van der Waals surface area contributed by atoms with Gasteiger partial charge in [0.2, 0.25) is 0 Å². The minimum absolute atomic E-state index is 0.261. The molecular formula is C24H19ClFIN4O5. The van der Waals surface area contributed by atoms with Crippen molar-refractivity contribution >= 4 is 69.5 Å². The Balaban J connectivity index is 1.57. The predicted octanol–water partition coefficient (Wildman–Crippen LogP) is 4.20. The smallest absolute Gasteiger partial charge is 0.329 e. The molecular weight excluding hydrogens is 606 g/mol. The summed E-state index contributed by atoms with van der Waals surface area (Å²) in [5.74, 6) is -2.13. The summed E-state index contributed by atoms with van der Waals surface area (Å²) in [5, 5.41) is 9.35. The lowest BCUT2D eigenvalue weighted by molar-refractivity contribution is -0.136. The van der Waals surface area contributed by atoms with E-state index in [-0.39, 0.29) is 18.2 Å². The standard InChI is InChI=1S/C24H19ClFIN4O5/c1-35-20-11-14(12-28-31-24(34)23(33)30-18-8-4-16(26)5-9-18)10-19(27)22(20)36-13-21(32)29-17-6-2-15(25)3-7-17/h2-12H,13H2,1H3,(H,29,32)(H,30,33)(H,31,34)/b28-12-. The third kappa shape index (κ3) is 7.92. The quantitative estimate of drug-likeness (QED) is 0.150. The number of hydrogen-bond acceptors (Lipinski definition) is 6. The van der Waals surface area contributed by atoms with E-state index in [1.165, 1.54) is 25.5 Å². The van der Waals surface area contributed by atoms with Crippen LogP contribution in [0, 0.1) is 9.39 Å². The highest BCUT2D eigenvalue weighted by Crippen LogP contribution is 2.33. The molecule has 12 heteroatoms. The topological polar surface area (TPSA) is 118 Å². The average Bonchev–Trinajstić information content (AvgIpc) is 2.85. The number of amides is 3. The van der Waals surface area contributed by atoms with Gasteiger partial charge in [-0.3, -0.25) is 14.4 Å². The van der Waals surface area contributed by atoms with Gasteiger partial charge in [-0.05, 0) is 88.8 Å². The molecule has 0 bridgehead atoms. The van der Waals surface area contributed by atoms with Crippen LogP contribution in [0.5, 0.6) is 11.5 Å². The molecule has 0 radical (unpaired) electrons. The van der Waals surface area contributed by atoms with Gasteiger partial charge in [0.1, 0.15) is 5.82 Å². The molecule has 3 N–H and O–H groups in total. The zero-order valence-electron chi connectivity index (χ0n) is 18.7. The van der Waals surface area contributed by atoms with Gasteiger partial charge in [0.05, 0.1) is 16.9 Å². The minimum Gasteiger partial charge on any atom is -0.493 e. The number of hydrogen-bond donors (Lipinski definition) is 3. The zero-order chi connectivity index (χ0) is 26.1. The maximum atomic E-state index is 12.9. The SMILES string of the molecule is COc1cc(/C=N\NC(=O)C(=O)Nc2ccc(F)cc2)cc(I)c1OCC(=O)Nc1ccc(Cl)cc1. The lowest BCUT2D eigenvalue weighted by Crippen LogP contribution is -2.32. The van der Waals surface area contributed by atoms with Crippen LogP contribution in [0.25, 0.3) is 0 Å². The fourth-order valence-corrected chi connectivity index (χ4v) is 3.67. The maximum Gasteiger partial charge on any atom is 0.329 e. The van der Waals surface area contributed by atoms with Gasteiger partial charge in [-0.2, -0.15) is 5.10 Å². The molecule has 3 aromatic rings. The second-order valence-corrected chi connectivity index (χ2v) is 8.64. The number of ether oxygens (including phenoxy) is 2. The first kappa shape index (κ1) is 26.9. The summed E-state index contributed by atoms with van der Waals surface area (Å²) < 4.78 is 24.6. The third-order valence-corrected chi connectivity index (χ3v) is 5.47. The van der Waals surface area contributed by atoms with Crippen LogP contribution in [-0.2, 0) is 14.4 Å². The van der Waals surface area contributed by atoms with Crippen molar-refractivity contribution in [2.75, 3.05) is 24.4 Å². The van der Waals surface area contributed by atoms with Crippen molar-refractivity contribution in [3.05, 3.63) is 80.6 Å². The molecule has 3 aromatic carbocycles. The van der Waals surface area contributed by atoms with Crippen molar-refractivity contribution in [3.8, 4) is 11.5 Å². The van der Waals surface area contributed by atoms with Crippen LogP contribution in [-0.4, -0.2) is 37.7 Å². The van der Waals surface area contributed by atoms with Crippen LogP contribution in [0.15, 0.2) is 65.8 Å². The maximum absolute atomic E-state index is 12.9. The molecule has 0 aromatic heterocycles. The van der Waals surface area contributed by atoms with Crippen LogP contribution < -0.4 is 25.5 Å². The van der Waals surface area contributed by atoms with Crippen molar-refractivity contribution < 1.29 is 28.2 Å². The summed E-state index contributed by atoms with van der Waals surface area (Å²) in [6, 6.07) is 14.9. The number of methoxy groups -OCH3 is 1. The molecule has 0 aliphatic carbocycles. The first-order valence-electron chi connectivity index (χ1n) is 10.2. The van der Waals surface area contributed by atoms with E-state index in [1.807, 2.05) is 22.6 Å². The van der Waals surface area contributed by atoms with Crippen molar-refractivity contribution in [1.82, 2.24) is 5.43 Å². The van der Waals surface area contributed by atoms with E-state index in [0.717, 1.165) is 12.1 Å². The number of nitrogens with one attached hydrogen (secondary N) is 3. The molecule has 0 saturated carbocycles. The molecule has 0 aliphatic rings. The van der Waals surface area contributed by atoms with Gasteiger partial charge in [0, 0.05) is 16.4 Å². The summed E-state index contributed by atoms with van der Waals surface area (Å²) in [6.45, 7) is -0.262. The highest BCUT2D eigenvalue weighted by atomic mass is 127. The van der Waals surface area contributed by atoms with Crippen LogP contribution in [0.1, 0.15) is 5.56 Å². The number of nitrogens with zero attached hydrogens (tertiary/aromatic N) is 1. The summed E-state index contributed by atoms with van der Waals surface area (Å²) in [6.07, 6.45) is 1.31. The van der Waals surface area contributed by atoms with Gasteiger partial charge in [-0.1, -0.05) is 11.6 Å². The lowest BCUT2D eigenvalue weighted by Gasteiger charge is -2.13. The molecule has 0 atom stereocenters. The van der Waals surface area contributed by atoms with Crippen LogP contribution in [0.3, 0.4) is 0 Å². The number of rotatable bonds is 8. The monoisotopic (exact) mass is 624 g/mol. The van der Waals surface area contributed by atoms with Gasteiger partial charge < -0.3 is 20.1 Å². The molecule has 0 spiro atoms. The van der Waals surface area contributed by atoms with Gasteiger partial charge in [0.15, 0.2) is 18.1 Å². The van der Waals surface area contributed by atoms with E-state index in [9.17, 15) is 18.8 Å². The van der Waals surface area contributed by atoms with Crippen molar-refractivity contribution in [2.45, 2.75) is 0 Å². The number of hydrazone groups is 1. The van der Waals surface area contributed by atoms with Gasteiger partial charge in [0.25, 0.3) is 5.91 Å². The second-order valence-electron chi connectivity index (χ2n) is 7.04. The summed E-state index contributed by atoms with van der Waals surface area (Å²) in [5.41, 5.74) is 3.48. The molecule has 36 heavy (non-hydrogen) atoms. The van der Waals surface area contributed by atoms with Crippen LogP contribution in [0.4, 0.5) is 15.8 Å². The van der Waals surface area contributed by atoms with Crippen molar-refractivity contribution in [3.63, 3.8) is 0 Å². The number of carbonyl (C=O) groups excluding carboxylic acids is 3. The Morgan fingerprint density at radius 3 is 2.31 bits per heavy atom. The van der Waals surface area contributed by atoms with Gasteiger partial charge in [-0.15, -0.1) is 0 Å². The Morgan fingerprint density at radius 1 is 1.00 bits per heavy atom. The molecule has 9 nitrogen and oxygen atoms in total. The molecule has 0 fully saturated rings. The number of benzene rings is 3. The van der Waals surface area contributed by atoms with Crippen molar-refractivity contribution in [1.29, 1.82) is 0 Å². The highest BCUT2D eigenvalue weighted by Gasteiger charge is 2.15. The summed E-state index contributed by atoms with van der Waals surface area (Å²) >= 11 is 7.85. The zero-order valence-corrected chi connectivity index (χ0v) is 21.6. The lowest BCUT2D eigenvalue weighted by atomic mass is 10.2. The van der Waals surface area contributed by atoms with E-state index in [4.69, 9.17) is 21.1 Å². The van der Waals surface area contributed by atoms with Crippen molar-refractivity contribution in [2.24, 2.45) is 5.10 Å². The largest absolute Gasteiger partial charge is 0.493 e. The second kappa shape index (κ2) is 12.8. The van der Waals surface area contributed by atoms with E-state index in [1.54, 1.807) is 36.4 Å².